The van der Waals surface area contributed by atoms with Crippen LogP contribution in [-0.4, -0.2) is 23.8 Å². The van der Waals surface area contributed by atoms with Crippen LogP contribution in [-0.2, 0) is 14.3 Å². The zero-order valence-corrected chi connectivity index (χ0v) is 11.1. The molecule has 0 N–H and O–H groups in total. The number of hydrogen-bond donors (Lipinski definition) is 0. The second kappa shape index (κ2) is 6.79. The lowest BCUT2D eigenvalue weighted by Gasteiger charge is -2.24. The maximum Gasteiger partial charge on any atom is 0.171 e. The van der Waals surface area contributed by atoms with Crippen LogP contribution in [0.2, 0.25) is 0 Å². The minimum Gasteiger partial charge on any atom is -0.368 e. The Labute approximate surface area is 98.6 Å². The van der Waals surface area contributed by atoms with Gasteiger partial charge in [0, 0.05) is 6.61 Å². The van der Waals surface area contributed by atoms with E-state index in [1.165, 1.54) is 6.92 Å². The van der Waals surface area contributed by atoms with Crippen LogP contribution in [0, 0.1) is 5.92 Å². The fourth-order valence-electron chi connectivity index (χ4n) is 1.24. The van der Waals surface area contributed by atoms with Crippen molar-refractivity contribution in [3.63, 3.8) is 0 Å². The van der Waals surface area contributed by atoms with Crippen LogP contribution in [0.1, 0.15) is 53.9 Å². The van der Waals surface area contributed by atoms with Crippen molar-refractivity contribution in [2.24, 2.45) is 5.92 Å². The molecule has 0 aliphatic rings. The highest BCUT2D eigenvalue weighted by molar-refractivity contribution is 6.01. The first-order valence-corrected chi connectivity index (χ1v) is 5.96. The van der Waals surface area contributed by atoms with Gasteiger partial charge in [-0.05, 0) is 33.1 Å². The molecule has 3 heteroatoms. The Morgan fingerprint density at radius 2 is 1.88 bits per heavy atom. The maximum absolute atomic E-state index is 11.7. The molecule has 0 aliphatic carbocycles. The third-order valence-corrected chi connectivity index (χ3v) is 2.85. The van der Waals surface area contributed by atoms with E-state index in [1.54, 1.807) is 13.8 Å². The minimum atomic E-state index is -0.834. The van der Waals surface area contributed by atoms with E-state index in [9.17, 15) is 9.59 Å². The Bertz CT molecular complexity index is 244. The minimum absolute atomic E-state index is 0.0314. The van der Waals surface area contributed by atoms with E-state index >= 15 is 0 Å². The Morgan fingerprint density at radius 1 is 1.31 bits per heavy atom. The van der Waals surface area contributed by atoms with E-state index in [1.807, 2.05) is 0 Å². The smallest absolute Gasteiger partial charge is 0.171 e. The monoisotopic (exact) mass is 228 g/mol. The molecule has 16 heavy (non-hydrogen) atoms. The summed E-state index contributed by atoms with van der Waals surface area (Å²) in [4.78, 5) is 22.5. The van der Waals surface area contributed by atoms with E-state index in [0.717, 1.165) is 12.8 Å². The van der Waals surface area contributed by atoms with Crippen molar-refractivity contribution in [1.29, 1.82) is 0 Å². The molecule has 0 radical (unpaired) electrons. The SMILES string of the molecule is CCC(C)CCOC(C)(C)C(=O)CC(C)=O. The number of hydrogen-bond acceptors (Lipinski definition) is 3. The van der Waals surface area contributed by atoms with E-state index in [-0.39, 0.29) is 18.0 Å². The lowest BCUT2D eigenvalue weighted by atomic mass is 9.99. The Kier molecular flexibility index (Phi) is 6.49. The molecular weight excluding hydrogens is 204 g/mol. The van der Waals surface area contributed by atoms with Crippen LogP contribution in [0.15, 0.2) is 0 Å². The van der Waals surface area contributed by atoms with Crippen LogP contribution in [0.4, 0.5) is 0 Å². The van der Waals surface area contributed by atoms with Crippen molar-refractivity contribution in [2.75, 3.05) is 6.61 Å². The second-order valence-corrected chi connectivity index (χ2v) is 4.96. The molecule has 0 spiro atoms. The molecule has 0 rings (SSSR count). The molecule has 1 unspecified atom stereocenters. The van der Waals surface area contributed by atoms with Crippen LogP contribution in [0.5, 0.6) is 0 Å². The van der Waals surface area contributed by atoms with Crippen molar-refractivity contribution in [3.05, 3.63) is 0 Å². The van der Waals surface area contributed by atoms with Gasteiger partial charge in [-0.15, -0.1) is 0 Å². The summed E-state index contributed by atoms with van der Waals surface area (Å²) in [6.07, 6.45) is 2.04. The standard InChI is InChI=1S/C13H24O3/c1-6-10(2)7-8-16-13(4,5)12(15)9-11(3)14/h10H,6-9H2,1-5H3. The normalized spacial score (nSPS) is 13.6. The molecule has 0 fully saturated rings. The molecule has 0 amide bonds. The molecule has 0 aromatic heterocycles. The molecule has 0 aliphatic heterocycles. The second-order valence-electron chi connectivity index (χ2n) is 4.96. The number of Topliss-reactive ketones (excluding diaryl/α,β-unsaturated/α-hetero) is 2. The predicted octanol–water partition coefficient (Wildman–Crippen LogP) is 2.77. The first-order valence-electron chi connectivity index (χ1n) is 5.96. The highest BCUT2D eigenvalue weighted by atomic mass is 16.5. The first kappa shape index (κ1) is 15.3. The molecule has 0 saturated carbocycles. The fourth-order valence-corrected chi connectivity index (χ4v) is 1.24. The largest absolute Gasteiger partial charge is 0.368 e. The Hall–Kier alpha value is -0.700. The van der Waals surface area contributed by atoms with E-state index in [4.69, 9.17) is 4.74 Å². The quantitative estimate of drug-likeness (QED) is 0.600. The highest BCUT2D eigenvalue weighted by Crippen LogP contribution is 2.15. The van der Waals surface area contributed by atoms with Gasteiger partial charge in [-0.25, -0.2) is 0 Å². The number of rotatable bonds is 8. The number of carbonyl (C=O) groups excluding carboxylic acids is 2. The summed E-state index contributed by atoms with van der Waals surface area (Å²) in [6.45, 7) is 9.76. The summed E-state index contributed by atoms with van der Waals surface area (Å²) < 4.78 is 5.56. The fraction of sp³-hybridized carbons (Fsp3) is 0.846. The zero-order valence-electron chi connectivity index (χ0n) is 11.1. The van der Waals surface area contributed by atoms with Crippen molar-refractivity contribution >= 4 is 11.6 Å². The lowest BCUT2D eigenvalue weighted by Crippen LogP contribution is -2.36. The van der Waals surface area contributed by atoms with Crippen LogP contribution >= 0.6 is 0 Å². The molecule has 0 saturated heterocycles. The van der Waals surface area contributed by atoms with Gasteiger partial charge in [0.25, 0.3) is 0 Å². The van der Waals surface area contributed by atoms with E-state index in [0.29, 0.717) is 12.5 Å². The average Bonchev–Trinajstić information content (AvgIpc) is 2.16. The summed E-state index contributed by atoms with van der Waals surface area (Å²) in [7, 11) is 0. The van der Waals surface area contributed by atoms with Gasteiger partial charge in [0.05, 0.1) is 6.42 Å². The molecule has 0 heterocycles. The van der Waals surface area contributed by atoms with Gasteiger partial charge < -0.3 is 4.74 Å². The first-order chi connectivity index (χ1) is 7.29. The average molecular weight is 228 g/mol. The van der Waals surface area contributed by atoms with Crippen molar-refractivity contribution in [3.8, 4) is 0 Å². The molecule has 3 nitrogen and oxygen atoms in total. The predicted molar refractivity (Wildman–Crippen MR) is 64.4 cm³/mol. The van der Waals surface area contributed by atoms with Crippen LogP contribution < -0.4 is 0 Å². The molecule has 0 aromatic rings. The van der Waals surface area contributed by atoms with E-state index < -0.39 is 5.60 Å². The molecule has 0 bridgehead atoms. The summed E-state index contributed by atoms with van der Waals surface area (Å²) in [5.74, 6) is 0.367. The lowest BCUT2D eigenvalue weighted by molar-refractivity contribution is -0.143. The van der Waals surface area contributed by atoms with Crippen LogP contribution in [0.3, 0.4) is 0 Å². The number of carbonyl (C=O) groups is 2. The molecule has 94 valence electrons. The molecular formula is C13H24O3. The zero-order chi connectivity index (χ0) is 12.8. The topological polar surface area (TPSA) is 43.4 Å². The van der Waals surface area contributed by atoms with Gasteiger partial charge >= 0.3 is 0 Å². The highest BCUT2D eigenvalue weighted by Gasteiger charge is 2.28. The van der Waals surface area contributed by atoms with Crippen LogP contribution in [0.25, 0.3) is 0 Å². The van der Waals surface area contributed by atoms with E-state index in [2.05, 4.69) is 13.8 Å². The summed E-state index contributed by atoms with van der Waals surface area (Å²) in [5.41, 5.74) is -0.834. The van der Waals surface area contributed by atoms with Crippen molar-refractivity contribution < 1.29 is 14.3 Å². The third-order valence-electron chi connectivity index (χ3n) is 2.85. The molecule has 0 aromatic carbocycles. The number of ketones is 2. The van der Waals surface area contributed by atoms with Gasteiger partial charge in [0.2, 0.25) is 0 Å². The number of ether oxygens (including phenoxy) is 1. The van der Waals surface area contributed by atoms with Gasteiger partial charge in [-0.2, -0.15) is 0 Å². The summed E-state index contributed by atoms with van der Waals surface area (Å²) in [5, 5.41) is 0. The van der Waals surface area contributed by atoms with Gasteiger partial charge in [-0.3, -0.25) is 9.59 Å². The summed E-state index contributed by atoms with van der Waals surface area (Å²) in [6, 6.07) is 0. The van der Waals surface area contributed by atoms with Crippen molar-refractivity contribution in [2.45, 2.75) is 59.5 Å². The summed E-state index contributed by atoms with van der Waals surface area (Å²) >= 11 is 0. The van der Waals surface area contributed by atoms with Crippen molar-refractivity contribution in [1.82, 2.24) is 0 Å². The van der Waals surface area contributed by atoms with Gasteiger partial charge in [0.1, 0.15) is 11.4 Å². The Morgan fingerprint density at radius 3 is 2.31 bits per heavy atom. The molecule has 1 atom stereocenters. The third kappa shape index (κ3) is 6.01. The Balaban J connectivity index is 4.03. The maximum atomic E-state index is 11.7. The van der Waals surface area contributed by atoms with Gasteiger partial charge in [0.15, 0.2) is 5.78 Å². The van der Waals surface area contributed by atoms with Gasteiger partial charge in [-0.1, -0.05) is 20.3 Å².